The van der Waals surface area contributed by atoms with Crippen molar-refractivity contribution in [2.75, 3.05) is 11.6 Å². The molecule has 90 valence electrons. The summed E-state index contributed by atoms with van der Waals surface area (Å²) in [5, 5.41) is 4.26. The average Bonchev–Trinajstić information content (AvgIpc) is 2.71. The molecule has 0 saturated carbocycles. The molecule has 0 aliphatic carbocycles. The van der Waals surface area contributed by atoms with Crippen LogP contribution in [0.4, 0.5) is 5.82 Å². The fourth-order valence-corrected chi connectivity index (χ4v) is 1.93. The molecule has 0 bridgehead atoms. The monoisotopic (exact) mass is 269 g/mol. The summed E-state index contributed by atoms with van der Waals surface area (Å²) in [7, 11) is 1.95. The van der Waals surface area contributed by atoms with Crippen molar-refractivity contribution in [2.45, 2.75) is 11.7 Å². The number of rotatable bonds is 4. The van der Waals surface area contributed by atoms with Crippen molar-refractivity contribution < 1.29 is 0 Å². The SMILES string of the molecule is CSc1nc(Cl)cc(NCc2nccn2C)n1. The molecular weight excluding hydrogens is 258 g/mol. The zero-order valence-corrected chi connectivity index (χ0v) is 11.1. The summed E-state index contributed by atoms with van der Waals surface area (Å²) in [6.45, 7) is 0.602. The molecule has 0 unspecified atom stereocenters. The Labute approximate surface area is 109 Å². The maximum atomic E-state index is 5.90. The van der Waals surface area contributed by atoms with Crippen LogP contribution in [0.25, 0.3) is 0 Å². The molecular formula is C10H12ClN5S. The Morgan fingerprint density at radius 2 is 2.29 bits per heavy atom. The lowest BCUT2D eigenvalue weighted by Gasteiger charge is -2.06. The molecule has 17 heavy (non-hydrogen) atoms. The maximum absolute atomic E-state index is 5.90. The summed E-state index contributed by atoms with van der Waals surface area (Å²) in [4.78, 5) is 12.6. The third kappa shape index (κ3) is 3.10. The molecule has 7 heteroatoms. The third-order valence-electron chi connectivity index (χ3n) is 2.21. The number of halogens is 1. The van der Waals surface area contributed by atoms with E-state index in [1.54, 1.807) is 12.3 Å². The number of nitrogens with zero attached hydrogens (tertiary/aromatic N) is 4. The first-order chi connectivity index (χ1) is 8.19. The molecule has 0 spiro atoms. The summed E-state index contributed by atoms with van der Waals surface area (Å²) in [6, 6.07) is 1.70. The normalized spacial score (nSPS) is 10.5. The van der Waals surface area contributed by atoms with Gasteiger partial charge in [-0.3, -0.25) is 0 Å². The van der Waals surface area contributed by atoms with Crippen LogP contribution in [0.3, 0.4) is 0 Å². The van der Waals surface area contributed by atoms with E-state index in [1.165, 1.54) is 11.8 Å². The number of nitrogens with one attached hydrogen (secondary N) is 1. The van der Waals surface area contributed by atoms with E-state index in [2.05, 4.69) is 20.3 Å². The predicted molar refractivity (Wildman–Crippen MR) is 69.4 cm³/mol. The summed E-state index contributed by atoms with van der Waals surface area (Å²) in [5.41, 5.74) is 0. The highest BCUT2D eigenvalue weighted by Gasteiger charge is 2.03. The first kappa shape index (κ1) is 12.2. The Hall–Kier alpha value is -1.27. The molecule has 2 heterocycles. The van der Waals surface area contributed by atoms with E-state index >= 15 is 0 Å². The molecule has 2 aromatic rings. The molecule has 0 atom stereocenters. The molecule has 0 fully saturated rings. The van der Waals surface area contributed by atoms with Gasteiger partial charge in [-0.15, -0.1) is 0 Å². The fourth-order valence-electron chi connectivity index (χ4n) is 1.32. The Morgan fingerprint density at radius 3 is 2.94 bits per heavy atom. The van der Waals surface area contributed by atoms with Gasteiger partial charge in [-0.2, -0.15) is 0 Å². The maximum Gasteiger partial charge on any atom is 0.190 e. The van der Waals surface area contributed by atoms with Gasteiger partial charge in [0.25, 0.3) is 0 Å². The summed E-state index contributed by atoms with van der Waals surface area (Å²) >= 11 is 7.35. The van der Waals surface area contributed by atoms with Gasteiger partial charge in [0.2, 0.25) is 0 Å². The lowest BCUT2D eigenvalue weighted by molar-refractivity contribution is 0.808. The Bertz CT molecular complexity index is 513. The summed E-state index contributed by atoms with van der Waals surface area (Å²) in [6.07, 6.45) is 5.57. The average molecular weight is 270 g/mol. The molecule has 0 aliphatic heterocycles. The minimum atomic E-state index is 0.437. The van der Waals surface area contributed by atoms with Crippen LogP contribution in [0.15, 0.2) is 23.6 Å². The molecule has 0 amide bonds. The lowest BCUT2D eigenvalue weighted by Crippen LogP contribution is -2.07. The van der Waals surface area contributed by atoms with E-state index in [4.69, 9.17) is 11.6 Å². The Balaban J connectivity index is 2.09. The molecule has 0 saturated heterocycles. The van der Waals surface area contributed by atoms with Crippen LogP contribution in [0.2, 0.25) is 5.15 Å². The summed E-state index contributed by atoms with van der Waals surface area (Å²) in [5.74, 6) is 1.64. The van der Waals surface area contributed by atoms with Crippen LogP contribution in [0.1, 0.15) is 5.82 Å². The van der Waals surface area contributed by atoms with Crippen molar-refractivity contribution in [3.63, 3.8) is 0 Å². The van der Waals surface area contributed by atoms with Gasteiger partial charge < -0.3 is 9.88 Å². The highest BCUT2D eigenvalue weighted by molar-refractivity contribution is 7.98. The first-order valence-corrected chi connectivity index (χ1v) is 6.58. The van der Waals surface area contributed by atoms with Gasteiger partial charge in [0.1, 0.15) is 16.8 Å². The van der Waals surface area contributed by atoms with Crippen LogP contribution in [-0.2, 0) is 13.6 Å². The third-order valence-corrected chi connectivity index (χ3v) is 2.95. The minimum Gasteiger partial charge on any atom is -0.363 e. The molecule has 0 aromatic carbocycles. The van der Waals surface area contributed by atoms with E-state index in [0.29, 0.717) is 22.7 Å². The molecule has 5 nitrogen and oxygen atoms in total. The number of hydrogen-bond acceptors (Lipinski definition) is 5. The van der Waals surface area contributed by atoms with E-state index in [-0.39, 0.29) is 0 Å². The van der Waals surface area contributed by atoms with Crippen molar-refractivity contribution in [3.05, 3.63) is 29.4 Å². The van der Waals surface area contributed by atoms with E-state index in [0.717, 1.165) is 5.82 Å². The van der Waals surface area contributed by atoms with Gasteiger partial charge >= 0.3 is 0 Å². The smallest absolute Gasteiger partial charge is 0.190 e. The van der Waals surface area contributed by atoms with Crippen LogP contribution in [0, 0.1) is 0 Å². The van der Waals surface area contributed by atoms with E-state index < -0.39 is 0 Å². The Kier molecular flexibility index (Phi) is 3.86. The van der Waals surface area contributed by atoms with E-state index in [1.807, 2.05) is 24.1 Å². The van der Waals surface area contributed by atoms with Gasteiger partial charge in [0, 0.05) is 25.5 Å². The highest BCUT2D eigenvalue weighted by atomic mass is 35.5. The lowest BCUT2D eigenvalue weighted by atomic mass is 10.5. The minimum absolute atomic E-state index is 0.437. The molecule has 0 radical (unpaired) electrons. The summed E-state index contributed by atoms with van der Waals surface area (Å²) < 4.78 is 1.95. The molecule has 1 N–H and O–H groups in total. The van der Waals surface area contributed by atoms with Crippen molar-refractivity contribution in [1.29, 1.82) is 0 Å². The number of aryl methyl sites for hydroxylation is 1. The zero-order chi connectivity index (χ0) is 12.3. The molecule has 2 aromatic heterocycles. The number of anilines is 1. The largest absolute Gasteiger partial charge is 0.363 e. The molecule has 0 aliphatic rings. The number of imidazole rings is 1. The van der Waals surface area contributed by atoms with Crippen LogP contribution < -0.4 is 5.32 Å². The number of aromatic nitrogens is 4. The quantitative estimate of drug-likeness (QED) is 0.524. The number of thioether (sulfide) groups is 1. The van der Waals surface area contributed by atoms with E-state index in [9.17, 15) is 0 Å². The first-order valence-electron chi connectivity index (χ1n) is 4.97. The van der Waals surface area contributed by atoms with Gasteiger partial charge in [-0.25, -0.2) is 15.0 Å². The van der Waals surface area contributed by atoms with Crippen LogP contribution >= 0.6 is 23.4 Å². The van der Waals surface area contributed by atoms with Crippen molar-refractivity contribution in [1.82, 2.24) is 19.5 Å². The second-order valence-corrected chi connectivity index (χ2v) is 4.53. The van der Waals surface area contributed by atoms with Crippen molar-refractivity contribution in [3.8, 4) is 0 Å². The van der Waals surface area contributed by atoms with Crippen molar-refractivity contribution >= 4 is 29.2 Å². The number of hydrogen-bond donors (Lipinski definition) is 1. The van der Waals surface area contributed by atoms with Gasteiger partial charge in [0.15, 0.2) is 5.16 Å². The Morgan fingerprint density at radius 1 is 1.47 bits per heavy atom. The highest BCUT2D eigenvalue weighted by Crippen LogP contribution is 2.17. The van der Waals surface area contributed by atoms with Gasteiger partial charge in [-0.1, -0.05) is 23.4 Å². The second-order valence-electron chi connectivity index (χ2n) is 3.37. The molecule has 2 rings (SSSR count). The van der Waals surface area contributed by atoms with Gasteiger partial charge in [-0.05, 0) is 6.26 Å². The fraction of sp³-hybridized carbons (Fsp3) is 0.300. The topological polar surface area (TPSA) is 55.6 Å². The predicted octanol–water partition coefficient (Wildman–Crippen LogP) is 2.20. The standard InChI is InChI=1S/C10H12ClN5S/c1-16-4-3-12-9(16)6-13-8-5-7(11)14-10(15-8)17-2/h3-5H,6H2,1-2H3,(H,13,14,15). The zero-order valence-electron chi connectivity index (χ0n) is 9.51. The second kappa shape index (κ2) is 5.37. The van der Waals surface area contributed by atoms with Crippen LogP contribution in [-0.4, -0.2) is 25.8 Å². The van der Waals surface area contributed by atoms with Crippen LogP contribution in [0.5, 0.6) is 0 Å². The van der Waals surface area contributed by atoms with Crippen molar-refractivity contribution in [2.24, 2.45) is 7.05 Å². The van der Waals surface area contributed by atoms with Gasteiger partial charge in [0.05, 0.1) is 6.54 Å².